The van der Waals surface area contributed by atoms with E-state index >= 15 is 0 Å². The van der Waals surface area contributed by atoms with Gasteiger partial charge in [-0.15, -0.1) is 26.3 Å². The van der Waals surface area contributed by atoms with Crippen LogP contribution in [0.2, 0.25) is 0 Å². The maximum atomic E-state index is 12.8. The molecule has 2 saturated carbocycles. The summed E-state index contributed by atoms with van der Waals surface area (Å²) >= 11 is 4.39. The first-order valence-corrected chi connectivity index (χ1v) is 12.3. The van der Waals surface area contributed by atoms with Gasteiger partial charge in [-0.25, -0.2) is 0 Å². The second-order valence-electron chi connectivity index (χ2n) is 7.75. The van der Waals surface area contributed by atoms with Crippen LogP contribution in [0.1, 0.15) is 64.2 Å². The molecule has 0 atom stereocenters. The monoisotopic (exact) mass is 597 g/mol. The van der Waals surface area contributed by atoms with Gasteiger partial charge in [0.2, 0.25) is 0 Å². The Morgan fingerprint density at radius 3 is 1.34 bits per heavy atom. The van der Waals surface area contributed by atoms with Crippen LogP contribution >= 0.6 is 19.5 Å². The molecular weight excluding hydrogens is 571 g/mol. The number of alkyl halides is 6. The van der Waals surface area contributed by atoms with Gasteiger partial charge in [0.05, 0.1) is 0 Å². The van der Waals surface area contributed by atoms with E-state index in [4.69, 9.17) is 0 Å². The molecule has 188 valence electrons. The average Bonchev–Trinajstić information content (AvgIpc) is 2.69. The zero-order valence-corrected chi connectivity index (χ0v) is 20.6. The van der Waals surface area contributed by atoms with Gasteiger partial charge in [-0.1, -0.05) is 46.4 Å². The second-order valence-corrected chi connectivity index (χ2v) is 10.5. The number of hydrogen-bond donors (Lipinski definition) is 0. The first-order chi connectivity index (χ1) is 14.6. The van der Waals surface area contributed by atoms with Crippen molar-refractivity contribution in [1.82, 2.24) is 0 Å². The number of benzene rings is 1. The van der Waals surface area contributed by atoms with Gasteiger partial charge in [-0.2, -0.15) is 0 Å². The van der Waals surface area contributed by atoms with Crippen molar-refractivity contribution >= 4 is 24.8 Å². The molecule has 11 heteroatoms. The fourth-order valence-electron chi connectivity index (χ4n) is 4.53. The van der Waals surface area contributed by atoms with Crippen LogP contribution < -0.4 is 14.8 Å². The van der Waals surface area contributed by atoms with Crippen LogP contribution in [-0.4, -0.2) is 24.0 Å². The summed E-state index contributed by atoms with van der Waals surface area (Å²) in [6, 6.07) is 3.23. The van der Waals surface area contributed by atoms with Crippen molar-refractivity contribution in [2.24, 2.45) is 0 Å². The molecule has 32 heavy (non-hydrogen) atoms. The van der Waals surface area contributed by atoms with Gasteiger partial charge in [0.1, 0.15) is 11.5 Å². The van der Waals surface area contributed by atoms with E-state index in [1.807, 2.05) is 0 Å². The minimum Gasteiger partial charge on any atom is -0.406 e. The molecule has 3 rings (SSSR count). The molecule has 0 N–H and O–H groups in total. The van der Waals surface area contributed by atoms with Crippen LogP contribution in [0.4, 0.5) is 26.3 Å². The Morgan fingerprint density at radius 2 is 1.03 bits per heavy atom. The minimum atomic E-state index is -4.98. The molecule has 0 heterocycles. The maximum absolute atomic E-state index is 12.8. The summed E-state index contributed by atoms with van der Waals surface area (Å²) in [7, 11) is -0.902. The van der Waals surface area contributed by atoms with Crippen molar-refractivity contribution in [3.63, 3.8) is 0 Å². The number of ether oxygens (including phenoxy) is 2. The Labute approximate surface area is 205 Å². The van der Waals surface area contributed by atoms with Gasteiger partial charge in [0.15, 0.2) is 0 Å². The SMILES string of the molecule is FC(F)(F)Oc1cc(OC(F)(F)F)cc(P(C2CCCCC2)C2CCCCC2)c1.[CH2-]Cl.[Pd]. The third kappa shape index (κ3) is 9.96. The van der Waals surface area contributed by atoms with Crippen molar-refractivity contribution < 1.29 is 56.2 Å². The predicted molar refractivity (Wildman–Crippen MR) is 111 cm³/mol. The van der Waals surface area contributed by atoms with E-state index in [-0.39, 0.29) is 20.4 Å². The molecule has 0 unspecified atom stereocenters. The van der Waals surface area contributed by atoms with E-state index in [1.54, 1.807) is 0 Å². The molecule has 0 radical (unpaired) electrons. The second kappa shape index (κ2) is 13.6. The van der Waals surface area contributed by atoms with E-state index in [2.05, 4.69) is 27.5 Å². The molecule has 1 aromatic carbocycles. The molecule has 0 bridgehead atoms. The molecule has 0 aliphatic heterocycles. The number of hydrogen-bond acceptors (Lipinski definition) is 2. The van der Waals surface area contributed by atoms with Crippen molar-refractivity contribution in [2.45, 2.75) is 88.3 Å². The normalized spacial score (nSPS) is 18.4. The van der Waals surface area contributed by atoms with E-state index < -0.39 is 32.1 Å². The Balaban J connectivity index is 0.00000166. The molecule has 0 spiro atoms. The van der Waals surface area contributed by atoms with Crippen LogP contribution in [0.25, 0.3) is 0 Å². The standard InChI is InChI=1S/C20H25F6O2P.CH2Cl.Pd/c21-19(22,23)27-14-11-15(28-20(24,25)26)13-18(12-14)29(16-7-3-1-4-8-16)17-9-5-2-6-10-17;1-2;/h11-13,16-17H,1-10H2;1H2;/q;-1;. The molecule has 2 nitrogen and oxygen atoms in total. The number of rotatable bonds is 5. The first kappa shape index (κ1) is 29.8. The van der Waals surface area contributed by atoms with Gasteiger partial charge in [-0.05, 0) is 54.4 Å². The Hall–Kier alpha value is -0.218. The van der Waals surface area contributed by atoms with Gasteiger partial charge in [-0.3, -0.25) is 6.38 Å². The van der Waals surface area contributed by atoms with E-state index in [0.29, 0.717) is 22.7 Å². The van der Waals surface area contributed by atoms with Crippen LogP contribution in [0.3, 0.4) is 0 Å². The topological polar surface area (TPSA) is 18.5 Å². The molecule has 2 fully saturated rings. The fraction of sp³-hybridized carbons (Fsp3) is 0.667. The Kier molecular flexibility index (Phi) is 12.7. The average molecular weight is 598 g/mol. The van der Waals surface area contributed by atoms with E-state index in [0.717, 1.165) is 64.2 Å². The Morgan fingerprint density at radius 1 is 0.688 bits per heavy atom. The minimum absolute atomic E-state index is 0. The molecule has 0 aromatic heterocycles. The summed E-state index contributed by atoms with van der Waals surface area (Å²) in [5, 5.41) is 0.528. The van der Waals surface area contributed by atoms with Crippen molar-refractivity contribution in [2.75, 3.05) is 0 Å². The predicted octanol–water partition coefficient (Wildman–Crippen LogP) is 8.27. The smallest absolute Gasteiger partial charge is 0.406 e. The largest absolute Gasteiger partial charge is 0.573 e. The van der Waals surface area contributed by atoms with Crippen LogP contribution in [-0.2, 0) is 20.4 Å². The maximum Gasteiger partial charge on any atom is 0.573 e. The molecular formula is C21H27ClF6O2PPd-. The fourth-order valence-corrected chi connectivity index (χ4v) is 8.36. The summed E-state index contributed by atoms with van der Waals surface area (Å²) in [5.41, 5.74) is 0.642. The Bertz CT molecular complexity index is 625. The van der Waals surface area contributed by atoms with Crippen LogP contribution in [0.5, 0.6) is 11.5 Å². The first-order valence-electron chi connectivity index (χ1n) is 10.3. The van der Waals surface area contributed by atoms with E-state index in [9.17, 15) is 26.3 Å². The van der Waals surface area contributed by atoms with E-state index in [1.165, 1.54) is 12.1 Å². The third-order valence-corrected chi connectivity index (χ3v) is 9.03. The zero-order chi connectivity index (χ0) is 23.1. The van der Waals surface area contributed by atoms with Gasteiger partial charge in [0, 0.05) is 26.5 Å². The van der Waals surface area contributed by atoms with Crippen LogP contribution in [0.15, 0.2) is 18.2 Å². The van der Waals surface area contributed by atoms with Gasteiger partial charge < -0.3 is 21.1 Å². The summed E-state index contributed by atoms with van der Waals surface area (Å²) < 4.78 is 84.6. The molecule has 2 aliphatic carbocycles. The van der Waals surface area contributed by atoms with Gasteiger partial charge in [0.25, 0.3) is 0 Å². The van der Waals surface area contributed by atoms with Gasteiger partial charge >= 0.3 is 12.7 Å². The van der Waals surface area contributed by atoms with Crippen molar-refractivity contribution in [1.29, 1.82) is 0 Å². The quantitative estimate of drug-likeness (QED) is 0.147. The summed E-state index contributed by atoms with van der Waals surface area (Å²) in [6.45, 7) is 0. The summed E-state index contributed by atoms with van der Waals surface area (Å²) in [5.74, 6) is -1.29. The molecule has 2 aliphatic rings. The molecule has 0 saturated heterocycles. The third-order valence-electron chi connectivity index (χ3n) is 5.57. The number of halogens is 7. The van der Waals surface area contributed by atoms with Crippen molar-refractivity contribution in [3.05, 3.63) is 24.6 Å². The summed E-state index contributed by atoms with van der Waals surface area (Å²) in [6.07, 6.45) is 3.14. The van der Waals surface area contributed by atoms with Crippen LogP contribution in [0, 0.1) is 6.38 Å². The molecule has 1 aromatic rings. The van der Waals surface area contributed by atoms with Crippen molar-refractivity contribution in [3.8, 4) is 11.5 Å². The molecule has 0 amide bonds. The zero-order valence-electron chi connectivity index (χ0n) is 17.4. The summed E-state index contributed by atoms with van der Waals surface area (Å²) in [4.78, 5) is 0.